The van der Waals surface area contributed by atoms with Gasteiger partial charge in [0.25, 0.3) is 7.82 Å². The van der Waals surface area contributed by atoms with Gasteiger partial charge in [0.2, 0.25) is 0 Å². The van der Waals surface area contributed by atoms with Gasteiger partial charge in [0.1, 0.15) is 13.2 Å². The van der Waals surface area contributed by atoms with Crippen LogP contribution in [0.3, 0.4) is 0 Å². The minimum atomic E-state index is -4.16. The van der Waals surface area contributed by atoms with Crippen LogP contribution in [0.5, 0.6) is 0 Å². The minimum Gasteiger partial charge on any atom is -0.756 e. The van der Waals surface area contributed by atoms with Gasteiger partial charge in [-0.15, -0.1) is 0 Å². The maximum Gasteiger partial charge on any atom is 0.500 e. The van der Waals surface area contributed by atoms with Crippen molar-refractivity contribution >= 4 is 16.6 Å². The Hall–Kier alpha value is 0.167. The Bertz CT molecular complexity index is 344. The van der Waals surface area contributed by atoms with Gasteiger partial charge in [-0.3, -0.25) is 4.57 Å². The van der Waals surface area contributed by atoms with E-state index in [-0.39, 0.29) is 13.2 Å². The minimum absolute atomic E-state index is 0.0802. The van der Waals surface area contributed by atoms with Gasteiger partial charge in [-0.05, 0) is 6.92 Å². The summed E-state index contributed by atoms with van der Waals surface area (Å²) in [4.78, 5) is 11.3. The average Bonchev–Trinajstić information content (AvgIpc) is 2.43. The van der Waals surface area contributed by atoms with Crippen molar-refractivity contribution in [2.75, 3.05) is 61.7 Å². The lowest BCUT2D eigenvalue weighted by atomic mass is 10.4. The highest BCUT2D eigenvalue weighted by molar-refractivity contribution is 7.45. The Morgan fingerprint density at radius 1 is 1.05 bits per heavy atom. The first kappa shape index (κ1) is 22.2. The van der Waals surface area contributed by atoms with E-state index in [0.717, 1.165) is 13.0 Å². The lowest BCUT2D eigenvalue weighted by molar-refractivity contribution is -0.890. The Morgan fingerprint density at radius 3 is 2.05 bits per heavy atom. The highest BCUT2D eigenvalue weighted by atomic mass is 31.2. The summed E-state index contributed by atoms with van der Waals surface area (Å²) >= 11 is 0. The number of rotatable bonds is 13. The van der Waals surface area contributed by atoms with Gasteiger partial charge >= 0.3 is 8.80 Å². The van der Waals surface area contributed by atoms with Crippen molar-refractivity contribution in [2.45, 2.75) is 19.4 Å². The molecule has 0 aliphatic carbocycles. The zero-order chi connectivity index (χ0) is 17.3. The number of likely N-dealkylation sites (N-methyl/N-ethyl adjacent to an activating group) is 1. The fourth-order valence-corrected chi connectivity index (χ4v) is 4.39. The van der Waals surface area contributed by atoms with Gasteiger partial charge in [0.05, 0.1) is 27.2 Å². The standard InChI is InChI=1S/C12H30NO7PSi/c1-7-19-21(14,15)20-11-10-13(2,3)9-8-12-22(16-4,17-5)18-6/h7-12H2,1-6H3. The van der Waals surface area contributed by atoms with Gasteiger partial charge in [-0.25, -0.2) is 0 Å². The van der Waals surface area contributed by atoms with Crippen LogP contribution in [0.1, 0.15) is 13.3 Å². The lowest BCUT2D eigenvalue weighted by Crippen LogP contribution is -2.46. The van der Waals surface area contributed by atoms with E-state index in [1.165, 1.54) is 0 Å². The van der Waals surface area contributed by atoms with E-state index in [9.17, 15) is 9.46 Å². The van der Waals surface area contributed by atoms with Gasteiger partial charge in [0, 0.05) is 33.8 Å². The maximum atomic E-state index is 11.3. The van der Waals surface area contributed by atoms with Gasteiger partial charge in [-0.2, -0.15) is 0 Å². The lowest BCUT2D eigenvalue weighted by Gasteiger charge is -2.32. The summed E-state index contributed by atoms with van der Waals surface area (Å²) in [6.07, 6.45) is 0.842. The Labute approximate surface area is 134 Å². The molecule has 1 unspecified atom stereocenters. The first-order chi connectivity index (χ1) is 10.2. The Kier molecular flexibility index (Phi) is 10.2. The second-order valence-electron chi connectivity index (χ2n) is 5.48. The van der Waals surface area contributed by atoms with Crippen molar-refractivity contribution in [1.82, 2.24) is 0 Å². The van der Waals surface area contributed by atoms with E-state index >= 15 is 0 Å². The molecule has 0 N–H and O–H groups in total. The summed E-state index contributed by atoms with van der Waals surface area (Å²) in [7, 11) is 2.08. The molecule has 0 aliphatic heterocycles. The van der Waals surface area contributed by atoms with Gasteiger partial charge in [-0.1, -0.05) is 0 Å². The fraction of sp³-hybridized carbons (Fsp3) is 1.00. The maximum absolute atomic E-state index is 11.3. The molecule has 0 aliphatic rings. The SMILES string of the molecule is CCOP(=O)([O-])OCC[N+](C)(C)CCC[Si](OC)(OC)OC. The molecule has 8 nitrogen and oxygen atoms in total. The third kappa shape index (κ3) is 8.71. The zero-order valence-electron chi connectivity index (χ0n) is 14.5. The molecule has 0 fully saturated rings. The highest BCUT2D eigenvalue weighted by Gasteiger charge is 2.37. The van der Waals surface area contributed by atoms with E-state index in [0.29, 0.717) is 17.1 Å². The first-order valence-corrected chi connectivity index (χ1v) is 10.6. The predicted octanol–water partition coefficient (Wildman–Crippen LogP) is 0.853. The molecule has 0 rings (SSSR count). The third-order valence-corrected chi connectivity index (χ3v) is 7.32. The van der Waals surface area contributed by atoms with E-state index in [1.807, 2.05) is 14.1 Å². The van der Waals surface area contributed by atoms with Crippen LogP contribution in [-0.4, -0.2) is 75.0 Å². The van der Waals surface area contributed by atoms with Crippen molar-refractivity contribution in [2.24, 2.45) is 0 Å². The number of hydrogen-bond donors (Lipinski definition) is 0. The molecule has 0 radical (unpaired) electrons. The zero-order valence-corrected chi connectivity index (χ0v) is 16.4. The number of phosphoric acid groups is 1. The topological polar surface area (TPSA) is 86.3 Å². The van der Waals surface area contributed by atoms with Crippen LogP contribution in [0.4, 0.5) is 0 Å². The van der Waals surface area contributed by atoms with Gasteiger partial charge < -0.3 is 31.7 Å². The molecular formula is C12H30NO7PSi. The largest absolute Gasteiger partial charge is 0.756 e. The van der Waals surface area contributed by atoms with Gasteiger partial charge in [0.15, 0.2) is 0 Å². The Balaban J connectivity index is 4.17. The van der Waals surface area contributed by atoms with Crippen molar-refractivity contribution in [3.63, 3.8) is 0 Å². The summed E-state index contributed by atoms with van der Waals surface area (Å²) < 4.78 is 37.4. The third-order valence-electron chi connectivity index (χ3n) is 3.41. The summed E-state index contributed by atoms with van der Waals surface area (Å²) in [5.74, 6) is 0. The fourth-order valence-electron chi connectivity index (χ4n) is 1.99. The molecule has 134 valence electrons. The number of quaternary nitrogens is 1. The summed E-state index contributed by atoms with van der Waals surface area (Å²) in [6, 6.07) is 0.706. The molecule has 1 atom stereocenters. The van der Waals surface area contributed by atoms with Crippen molar-refractivity contribution < 1.29 is 36.3 Å². The molecule has 0 spiro atoms. The monoisotopic (exact) mass is 359 g/mol. The van der Waals surface area contributed by atoms with E-state index < -0.39 is 16.6 Å². The molecule has 0 amide bonds. The van der Waals surface area contributed by atoms with Crippen LogP contribution in [-0.2, 0) is 26.9 Å². The molecule has 0 aromatic carbocycles. The van der Waals surface area contributed by atoms with E-state index in [2.05, 4.69) is 4.52 Å². The first-order valence-electron chi connectivity index (χ1n) is 7.23. The molecule has 10 heteroatoms. The highest BCUT2D eigenvalue weighted by Crippen LogP contribution is 2.37. The van der Waals surface area contributed by atoms with Crippen LogP contribution >= 0.6 is 7.82 Å². The van der Waals surface area contributed by atoms with Crippen LogP contribution in [0.25, 0.3) is 0 Å². The Morgan fingerprint density at radius 2 is 1.59 bits per heavy atom. The van der Waals surface area contributed by atoms with Crippen LogP contribution in [0.2, 0.25) is 6.04 Å². The molecule has 0 aromatic heterocycles. The normalized spacial score (nSPS) is 15.8. The van der Waals surface area contributed by atoms with Crippen LogP contribution in [0.15, 0.2) is 0 Å². The predicted molar refractivity (Wildman–Crippen MR) is 83.2 cm³/mol. The summed E-state index contributed by atoms with van der Waals surface area (Å²) in [5.41, 5.74) is 0. The summed E-state index contributed by atoms with van der Waals surface area (Å²) in [5, 5.41) is 0. The van der Waals surface area contributed by atoms with Crippen molar-refractivity contribution in [1.29, 1.82) is 0 Å². The summed E-state index contributed by atoms with van der Waals surface area (Å²) in [6.45, 7) is 3.16. The van der Waals surface area contributed by atoms with E-state index in [1.54, 1.807) is 28.3 Å². The van der Waals surface area contributed by atoms with Crippen molar-refractivity contribution in [3.05, 3.63) is 0 Å². The second kappa shape index (κ2) is 10.1. The molecule has 0 saturated carbocycles. The molecule has 0 aromatic rings. The second-order valence-corrected chi connectivity index (χ2v) is 9.98. The molecule has 0 bridgehead atoms. The molecule has 0 heterocycles. The molecule has 0 saturated heterocycles. The van der Waals surface area contributed by atoms with Crippen LogP contribution < -0.4 is 4.89 Å². The number of phosphoric ester groups is 1. The number of hydrogen-bond acceptors (Lipinski definition) is 7. The molecular weight excluding hydrogens is 329 g/mol. The average molecular weight is 359 g/mol. The molecule has 22 heavy (non-hydrogen) atoms. The quantitative estimate of drug-likeness (QED) is 0.274. The van der Waals surface area contributed by atoms with E-state index in [4.69, 9.17) is 17.8 Å². The van der Waals surface area contributed by atoms with Crippen LogP contribution in [0, 0.1) is 0 Å². The number of nitrogens with zero attached hydrogens (tertiary/aromatic N) is 1. The van der Waals surface area contributed by atoms with Crippen molar-refractivity contribution in [3.8, 4) is 0 Å². The smallest absolute Gasteiger partial charge is 0.500 e.